The first-order chi connectivity index (χ1) is 14.8. The van der Waals surface area contributed by atoms with Gasteiger partial charge in [0.2, 0.25) is 0 Å². The number of benzene rings is 3. The van der Waals surface area contributed by atoms with E-state index in [1.54, 1.807) is 0 Å². The van der Waals surface area contributed by atoms with Gasteiger partial charge in [-0.2, -0.15) is 26.3 Å². The van der Waals surface area contributed by atoms with Crippen molar-refractivity contribution >= 4 is 46.4 Å². The van der Waals surface area contributed by atoms with Crippen LogP contribution in [-0.2, 0) is 12.4 Å². The Morgan fingerprint density at radius 1 is 0.500 bits per heavy atom. The van der Waals surface area contributed by atoms with Crippen molar-refractivity contribution in [3.05, 3.63) is 79.7 Å². The molecule has 0 bridgehead atoms. The zero-order valence-electron chi connectivity index (χ0n) is 15.2. The number of hydrogen-bond acceptors (Lipinski definition) is 2. The van der Waals surface area contributed by atoms with Crippen molar-refractivity contribution in [1.82, 2.24) is 0 Å². The average molecular weight is 536 g/mol. The Hall–Kier alpha value is -2.00. The summed E-state index contributed by atoms with van der Waals surface area (Å²) in [5, 5.41) is -2.61. The Balaban J connectivity index is 1.84. The van der Waals surface area contributed by atoms with E-state index in [9.17, 15) is 26.3 Å². The van der Waals surface area contributed by atoms with Crippen LogP contribution in [0.15, 0.2) is 48.5 Å². The van der Waals surface area contributed by atoms with Gasteiger partial charge in [0.1, 0.15) is 23.0 Å². The fourth-order valence-corrected chi connectivity index (χ4v) is 4.00. The molecular weight excluding hydrogens is 528 g/mol. The Morgan fingerprint density at radius 2 is 0.812 bits per heavy atom. The van der Waals surface area contributed by atoms with E-state index in [1.807, 2.05) is 0 Å². The lowest BCUT2D eigenvalue weighted by molar-refractivity contribution is -0.138. The summed E-state index contributed by atoms with van der Waals surface area (Å²) in [6.45, 7) is 0. The maximum absolute atomic E-state index is 13.0. The molecule has 170 valence electrons. The molecule has 0 unspecified atom stereocenters. The van der Waals surface area contributed by atoms with Crippen molar-refractivity contribution in [2.24, 2.45) is 0 Å². The Morgan fingerprint density at radius 3 is 1.09 bits per heavy atom. The molecule has 3 rings (SSSR count). The van der Waals surface area contributed by atoms with Gasteiger partial charge in [0, 0.05) is 30.3 Å². The van der Waals surface area contributed by atoms with Crippen LogP contribution in [0.1, 0.15) is 11.1 Å². The number of hydrogen-bond donors (Lipinski definition) is 0. The van der Waals surface area contributed by atoms with E-state index in [1.165, 1.54) is 24.3 Å². The van der Waals surface area contributed by atoms with Gasteiger partial charge in [0.15, 0.2) is 0 Å². The first kappa shape index (κ1) is 24.6. The lowest BCUT2D eigenvalue weighted by Gasteiger charge is -2.15. The van der Waals surface area contributed by atoms with Gasteiger partial charge in [-0.05, 0) is 12.1 Å². The minimum absolute atomic E-state index is 0.0780. The third-order valence-electron chi connectivity index (χ3n) is 3.88. The zero-order chi connectivity index (χ0) is 23.8. The molecule has 0 spiro atoms. The van der Waals surface area contributed by atoms with E-state index >= 15 is 0 Å². The van der Waals surface area contributed by atoms with Crippen molar-refractivity contribution in [1.29, 1.82) is 0 Å². The molecule has 0 aromatic heterocycles. The molecule has 3 aromatic carbocycles. The van der Waals surface area contributed by atoms with Gasteiger partial charge in [-0.1, -0.05) is 52.5 Å². The normalized spacial score (nSPS) is 12.1. The molecule has 0 radical (unpaired) electrons. The van der Waals surface area contributed by atoms with Gasteiger partial charge in [0.05, 0.1) is 31.2 Å². The maximum Gasteiger partial charge on any atom is 0.419 e. The topological polar surface area (TPSA) is 18.5 Å². The van der Waals surface area contributed by atoms with E-state index in [0.717, 1.165) is 24.3 Å². The SMILES string of the molecule is FC(F)(F)c1c(Cl)cc(Oc2cccc(Oc3cc(Cl)c(C(F)(F)F)c(Cl)c3)c2)cc1Cl. The Labute approximate surface area is 197 Å². The summed E-state index contributed by atoms with van der Waals surface area (Å²) in [6.07, 6.45) is -9.49. The van der Waals surface area contributed by atoms with Gasteiger partial charge >= 0.3 is 12.4 Å². The monoisotopic (exact) mass is 534 g/mol. The zero-order valence-corrected chi connectivity index (χ0v) is 18.2. The number of alkyl halides is 6. The van der Waals surface area contributed by atoms with Crippen molar-refractivity contribution in [2.45, 2.75) is 12.4 Å². The van der Waals surface area contributed by atoms with Crippen LogP contribution in [0.3, 0.4) is 0 Å². The van der Waals surface area contributed by atoms with Crippen molar-refractivity contribution < 1.29 is 35.8 Å². The molecule has 0 aliphatic heterocycles. The minimum atomic E-state index is -4.75. The summed E-state index contributed by atoms with van der Waals surface area (Å²) < 4.78 is 88.8. The maximum atomic E-state index is 13.0. The summed E-state index contributed by atoms with van der Waals surface area (Å²) in [7, 11) is 0. The first-order valence-corrected chi connectivity index (χ1v) is 9.85. The summed E-state index contributed by atoms with van der Waals surface area (Å²) in [6, 6.07) is 9.50. The molecule has 0 saturated heterocycles. The van der Waals surface area contributed by atoms with E-state index in [0.29, 0.717) is 0 Å². The Kier molecular flexibility index (Phi) is 7.00. The second-order valence-electron chi connectivity index (χ2n) is 6.20. The first-order valence-electron chi connectivity index (χ1n) is 8.34. The minimum Gasteiger partial charge on any atom is -0.457 e. The third-order valence-corrected chi connectivity index (χ3v) is 5.07. The highest BCUT2D eigenvalue weighted by Crippen LogP contribution is 2.44. The average Bonchev–Trinajstić information content (AvgIpc) is 2.58. The number of rotatable bonds is 4. The molecule has 32 heavy (non-hydrogen) atoms. The van der Waals surface area contributed by atoms with Crippen LogP contribution in [0.2, 0.25) is 20.1 Å². The van der Waals surface area contributed by atoms with Crippen molar-refractivity contribution in [3.63, 3.8) is 0 Å². The summed E-state index contributed by atoms with van der Waals surface area (Å²) in [5.74, 6) is 0.0912. The quantitative estimate of drug-likeness (QED) is 0.309. The fourth-order valence-electron chi connectivity index (χ4n) is 2.63. The molecule has 2 nitrogen and oxygen atoms in total. The summed E-state index contributed by atoms with van der Waals surface area (Å²) in [4.78, 5) is 0. The van der Waals surface area contributed by atoms with E-state index in [2.05, 4.69) is 0 Å². The van der Waals surface area contributed by atoms with Crippen LogP contribution in [0, 0.1) is 0 Å². The molecule has 0 amide bonds. The van der Waals surface area contributed by atoms with Crippen LogP contribution in [0.5, 0.6) is 23.0 Å². The standard InChI is InChI=1S/C20H8Cl4F6O2/c21-13-5-11(6-14(22)17(13)19(25,26)27)31-9-2-1-3-10(4-9)32-12-7-15(23)18(16(24)8-12)20(28,29)30/h1-8H. The smallest absolute Gasteiger partial charge is 0.419 e. The van der Waals surface area contributed by atoms with Gasteiger partial charge in [0.25, 0.3) is 0 Å². The van der Waals surface area contributed by atoms with Crippen LogP contribution in [0.25, 0.3) is 0 Å². The third kappa shape index (κ3) is 5.67. The molecule has 0 heterocycles. The fraction of sp³-hybridized carbons (Fsp3) is 0.100. The van der Waals surface area contributed by atoms with Gasteiger partial charge in [-0.15, -0.1) is 0 Å². The second kappa shape index (κ2) is 9.09. The highest BCUT2D eigenvalue weighted by molar-refractivity contribution is 6.37. The van der Waals surface area contributed by atoms with Crippen molar-refractivity contribution in [2.75, 3.05) is 0 Å². The second-order valence-corrected chi connectivity index (χ2v) is 7.83. The predicted molar refractivity (Wildman–Crippen MR) is 110 cm³/mol. The van der Waals surface area contributed by atoms with Gasteiger partial charge < -0.3 is 9.47 Å². The molecule has 0 aliphatic carbocycles. The van der Waals surface area contributed by atoms with E-state index in [-0.39, 0.29) is 23.0 Å². The van der Waals surface area contributed by atoms with Gasteiger partial charge in [-0.25, -0.2) is 0 Å². The van der Waals surface area contributed by atoms with Crippen LogP contribution < -0.4 is 9.47 Å². The molecule has 0 saturated carbocycles. The molecular formula is C20H8Cl4F6O2. The number of ether oxygens (including phenoxy) is 2. The highest BCUT2D eigenvalue weighted by Gasteiger charge is 2.37. The Bertz CT molecular complexity index is 1030. The molecule has 3 aromatic rings. The summed E-state index contributed by atoms with van der Waals surface area (Å²) in [5.41, 5.74) is -2.39. The van der Waals surface area contributed by atoms with E-state index in [4.69, 9.17) is 55.9 Å². The van der Waals surface area contributed by atoms with Gasteiger partial charge in [-0.3, -0.25) is 0 Å². The van der Waals surface area contributed by atoms with E-state index < -0.39 is 43.6 Å². The summed E-state index contributed by atoms with van der Waals surface area (Å²) >= 11 is 22.7. The van der Waals surface area contributed by atoms with Crippen LogP contribution in [-0.4, -0.2) is 0 Å². The van der Waals surface area contributed by atoms with Crippen LogP contribution >= 0.6 is 46.4 Å². The molecule has 0 aliphatic rings. The molecule has 0 atom stereocenters. The molecule has 12 heteroatoms. The number of halogens is 10. The lowest BCUT2D eigenvalue weighted by Crippen LogP contribution is -2.07. The van der Waals surface area contributed by atoms with Crippen LogP contribution in [0.4, 0.5) is 26.3 Å². The largest absolute Gasteiger partial charge is 0.457 e. The predicted octanol–water partition coefficient (Wildman–Crippen LogP) is 9.92. The van der Waals surface area contributed by atoms with Crippen molar-refractivity contribution in [3.8, 4) is 23.0 Å². The lowest BCUT2D eigenvalue weighted by atomic mass is 10.2. The highest BCUT2D eigenvalue weighted by atomic mass is 35.5. The molecule has 0 fully saturated rings. The molecule has 0 N–H and O–H groups in total.